The fraction of sp³-hybridized carbons (Fsp3) is 0.200. The first kappa shape index (κ1) is 14.8. The molecule has 0 fully saturated rings. The predicted molar refractivity (Wildman–Crippen MR) is 75.2 cm³/mol. The number of methoxy groups -OCH3 is 1. The normalized spacial score (nSPS) is 24.3. The second-order valence-electron chi connectivity index (χ2n) is 4.67. The Morgan fingerprint density at radius 2 is 1.86 bits per heavy atom. The average Bonchev–Trinajstić information content (AvgIpc) is 2.47. The minimum absolute atomic E-state index is 0.285. The molecule has 0 spiro atoms. The van der Waals surface area contributed by atoms with Crippen molar-refractivity contribution in [3.05, 3.63) is 53.6 Å². The van der Waals surface area contributed by atoms with Gasteiger partial charge in [-0.25, -0.2) is 4.39 Å². The Morgan fingerprint density at radius 1 is 1.24 bits per heavy atom. The van der Waals surface area contributed by atoms with Gasteiger partial charge in [-0.05, 0) is 17.7 Å². The molecule has 0 saturated carbocycles. The van der Waals surface area contributed by atoms with E-state index in [2.05, 4.69) is 0 Å². The lowest BCUT2D eigenvalue weighted by atomic mass is 9.70. The van der Waals surface area contributed by atoms with E-state index in [1.807, 2.05) is 0 Å². The van der Waals surface area contributed by atoms with Gasteiger partial charge in [0, 0.05) is 0 Å². The summed E-state index contributed by atoms with van der Waals surface area (Å²) in [6, 6.07) is 6.24. The number of halogens is 1. The smallest absolute Gasteiger partial charge is 0.247 e. The van der Waals surface area contributed by atoms with Gasteiger partial charge >= 0.3 is 0 Å². The summed E-state index contributed by atoms with van der Waals surface area (Å²) < 4.78 is 19.8. The molecule has 1 aliphatic rings. The van der Waals surface area contributed by atoms with E-state index in [0.717, 1.165) is 0 Å². The van der Waals surface area contributed by atoms with Crippen molar-refractivity contribution in [2.24, 2.45) is 11.5 Å². The van der Waals surface area contributed by atoms with Crippen LogP contribution in [-0.2, 0) is 15.0 Å². The zero-order valence-corrected chi connectivity index (χ0v) is 11.4. The number of ether oxygens (including phenoxy) is 1. The number of carbonyl (C=O) groups is 2. The molecule has 2 amide bonds. The molecular weight excluding hydrogens is 275 g/mol. The highest BCUT2D eigenvalue weighted by atomic mass is 19.1. The Bertz CT molecular complexity index is 637. The van der Waals surface area contributed by atoms with Crippen LogP contribution >= 0.6 is 0 Å². The Hall–Kier alpha value is -2.63. The van der Waals surface area contributed by atoms with Gasteiger partial charge in [0.1, 0.15) is 11.2 Å². The topological polar surface area (TPSA) is 95.4 Å². The third-order valence-corrected chi connectivity index (χ3v) is 3.57. The minimum atomic E-state index is -1.94. The molecule has 0 aromatic heterocycles. The summed E-state index contributed by atoms with van der Waals surface area (Å²) in [5.41, 5.74) is 8.85. The summed E-state index contributed by atoms with van der Waals surface area (Å²) in [6.07, 6.45) is 2.06. The highest BCUT2D eigenvalue weighted by Gasteiger charge is 2.48. The Balaban J connectivity index is 2.56. The SMILES string of the molecule is COc1ccc(C2(C(N)=O)C=CC=C(C(N)=O)C2F)cc1. The summed E-state index contributed by atoms with van der Waals surface area (Å²) >= 11 is 0. The minimum Gasteiger partial charge on any atom is -0.497 e. The molecular formula is C15H15FN2O3. The number of carbonyl (C=O) groups excluding carboxylic acids is 2. The van der Waals surface area contributed by atoms with Crippen molar-refractivity contribution < 1.29 is 18.7 Å². The average molecular weight is 290 g/mol. The quantitative estimate of drug-likeness (QED) is 0.856. The second kappa shape index (κ2) is 5.40. The molecule has 21 heavy (non-hydrogen) atoms. The number of alkyl halides is 1. The summed E-state index contributed by atoms with van der Waals surface area (Å²) in [4.78, 5) is 23.2. The molecule has 0 radical (unpaired) electrons. The fourth-order valence-electron chi connectivity index (χ4n) is 2.38. The zero-order valence-electron chi connectivity index (χ0n) is 11.4. The lowest BCUT2D eigenvalue weighted by molar-refractivity contribution is -0.124. The first-order valence-electron chi connectivity index (χ1n) is 6.21. The van der Waals surface area contributed by atoms with Crippen molar-refractivity contribution in [1.29, 1.82) is 0 Å². The molecule has 110 valence electrons. The Labute approximate surface area is 121 Å². The predicted octanol–water partition coefficient (Wildman–Crippen LogP) is 0.738. The lowest BCUT2D eigenvalue weighted by Crippen LogP contribution is -2.50. The van der Waals surface area contributed by atoms with E-state index in [1.54, 1.807) is 12.1 Å². The molecule has 6 heteroatoms. The molecule has 1 aromatic rings. The molecule has 5 nitrogen and oxygen atoms in total. The molecule has 4 N–H and O–H groups in total. The number of allylic oxidation sites excluding steroid dienone is 2. The van der Waals surface area contributed by atoms with E-state index < -0.39 is 23.4 Å². The van der Waals surface area contributed by atoms with Crippen molar-refractivity contribution in [1.82, 2.24) is 0 Å². The van der Waals surface area contributed by atoms with Gasteiger partial charge in [-0.1, -0.05) is 30.4 Å². The zero-order chi connectivity index (χ0) is 15.6. The maximum atomic E-state index is 14.8. The molecule has 1 aromatic carbocycles. The standard InChI is InChI=1S/C15H15FN2O3/c1-21-10-6-4-9(5-7-10)15(14(18)20)8-2-3-11(12(15)16)13(17)19/h2-8,12H,1H3,(H2,17,19)(H2,18,20). The third kappa shape index (κ3) is 2.29. The van der Waals surface area contributed by atoms with Gasteiger partial charge < -0.3 is 16.2 Å². The van der Waals surface area contributed by atoms with Crippen LogP contribution in [0.2, 0.25) is 0 Å². The van der Waals surface area contributed by atoms with Gasteiger partial charge in [0.15, 0.2) is 6.17 Å². The van der Waals surface area contributed by atoms with Gasteiger partial charge in [0.25, 0.3) is 0 Å². The number of amides is 2. The summed E-state index contributed by atoms with van der Waals surface area (Å²) in [6.45, 7) is 0. The first-order valence-corrected chi connectivity index (χ1v) is 6.21. The van der Waals surface area contributed by atoms with Gasteiger partial charge in [-0.15, -0.1) is 0 Å². The van der Waals surface area contributed by atoms with E-state index in [4.69, 9.17) is 16.2 Å². The molecule has 0 bridgehead atoms. The molecule has 2 unspecified atom stereocenters. The summed E-state index contributed by atoms with van der Waals surface area (Å²) in [5, 5.41) is 0. The van der Waals surface area contributed by atoms with Crippen LogP contribution in [0.3, 0.4) is 0 Å². The van der Waals surface area contributed by atoms with Crippen LogP contribution in [0, 0.1) is 0 Å². The Morgan fingerprint density at radius 3 is 2.33 bits per heavy atom. The maximum absolute atomic E-state index is 14.8. The van der Waals surface area contributed by atoms with Gasteiger partial charge in [0.2, 0.25) is 11.8 Å². The van der Waals surface area contributed by atoms with Crippen molar-refractivity contribution in [3.63, 3.8) is 0 Å². The molecule has 0 aliphatic heterocycles. The number of nitrogens with two attached hydrogens (primary N) is 2. The number of benzene rings is 1. The summed E-state index contributed by atoms with van der Waals surface area (Å²) in [5.74, 6) is -1.27. The molecule has 2 rings (SSSR count). The van der Waals surface area contributed by atoms with Gasteiger partial charge in [-0.2, -0.15) is 0 Å². The molecule has 1 aliphatic carbocycles. The van der Waals surface area contributed by atoms with Crippen molar-refractivity contribution in [3.8, 4) is 5.75 Å². The fourth-order valence-corrected chi connectivity index (χ4v) is 2.38. The maximum Gasteiger partial charge on any atom is 0.247 e. The van der Waals surface area contributed by atoms with E-state index in [-0.39, 0.29) is 5.57 Å². The Kier molecular flexibility index (Phi) is 3.80. The van der Waals surface area contributed by atoms with Crippen molar-refractivity contribution >= 4 is 11.8 Å². The van der Waals surface area contributed by atoms with Crippen LogP contribution in [0.4, 0.5) is 4.39 Å². The van der Waals surface area contributed by atoms with Crippen LogP contribution in [-0.4, -0.2) is 25.1 Å². The highest BCUT2D eigenvalue weighted by molar-refractivity contribution is 5.99. The number of rotatable bonds is 4. The largest absolute Gasteiger partial charge is 0.497 e. The van der Waals surface area contributed by atoms with Crippen molar-refractivity contribution in [2.45, 2.75) is 11.6 Å². The number of hydrogen-bond donors (Lipinski definition) is 2. The molecule has 0 saturated heterocycles. The summed E-state index contributed by atoms with van der Waals surface area (Å²) in [7, 11) is 1.49. The van der Waals surface area contributed by atoms with Crippen LogP contribution in [0.25, 0.3) is 0 Å². The van der Waals surface area contributed by atoms with E-state index in [0.29, 0.717) is 11.3 Å². The van der Waals surface area contributed by atoms with Gasteiger partial charge in [0.05, 0.1) is 12.7 Å². The van der Waals surface area contributed by atoms with E-state index in [1.165, 1.54) is 37.5 Å². The highest BCUT2D eigenvalue weighted by Crippen LogP contribution is 2.38. The van der Waals surface area contributed by atoms with E-state index in [9.17, 15) is 14.0 Å². The number of primary amides is 2. The van der Waals surface area contributed by atoms with Gasteiger partial charge in [-0.3, -0.25) is 9.59 Å². The van der Waals surface area contributed by atoms with Crippen LogP contribution < -0.4 is 16.2 Å². The van der Waals surface area contributed by atoms with Crippen molar-refractivity contribution in [2.75, 3.05) is 7.11 Å². The van der Waals surface area contributed by atoms with Crippen LogP contribution in [0.5, 0.6) is 5.75 Å². The lowest BCUT2D eigenvalue weighted by Gasteiger charge is -2.33. The first-order chi connectivity index (χ1) is 9.93. The monoisotopic (exact) mass is 290 g/mol. The second-order valence-corrected chi connectivity index (χ2v) is 4.67. The van der Waals surface area contributed by atoms with Crippen LogP contribution in [0.1, 0.15) is 5.56 Å². The number of hydrogen-bond acceptors (Lipinski definition) is 3. The molecule has 0 heterocycles. The third-order valence-electron chi connectivity index (χ3n) is 3.57. The molecule has 2 atom stereocenters. The van der Waals surface area contributed by atoms with Crippen LogP contribution in [0.15, 0.2) is 48.1 Å². The van der Waals surface area contributed by atoms with E-state index >= 15 is 0 Å².